The van der Waals surface area contributed by atoms with Crippen LogP contribution in [0.25, 0.3) is 11.3 Å². The van der Waals surface area contributed by atoms with Crippen molar-refractivity contribution < 1.29 is 14.3 Å². The lowest BCUT2D eigenvalue weighted by molar-refractivity contribution is -0.118. The molecule has 3 aromatic carbocycles. The first-order chi connectivity index (χ1) is 16.0. The molecule has 0 fully saturated rings. The Hall–Kier alpha value is -3.97. The van der Waals surface area contributed by atoms with E-state index in [9.17, 15) is 9.59 Å². The first-order valence-electron chi connectivity index (χ1n) is 10.4. The summed E-state index contributed by atoms with van der Waals surface area (Å²) in [6.45, 7) is 3.81. The van der Waals surface area contributed by atoms with Crippen molar-refractivity contribution in [3.63, 3.8) is 0 Å². The molecule has 4 rings (SSSR count). The molecule has 6 nitrogen and oxygen atoms in total. The molecule has 4 aromatic rings. The number of carbonyl (C=O) groups excluding carboxylic acids is 2. The van der Waals surface area contributed by atoms with Crippen LogP contribution in [0.5, 0.6) is 5.75 Å². The van der Waals surface area contributed by atoms with Crippen LogP contribution in [0.15, 0.2) is 78.9 Å². The van der Waals surface area contributed by atoms with Crippen molar-refractivity contribution in [1.82, 2.24) is 4.98 Å². The van der Waals surface area contributed by atoms with Crippen molar-refractivity contribution >= 4 is 33.3 Å². The molecule has 166 valence electrons. The Kier molecular flexibility index (Phi) is 6.80. The SMILES string of the molecule is Cc1cc(C)cc(OCC(=O)Nc2nc(-c3ccccc3)c(NC(=O)c3ccccc3)s2)c1. The molecule has 0 bridgehead atoms. The monoisotopic (exact) mass is 457 g/mol. The van der Waals surface area contributed by atoms with Crippen molar-refractivity contribution in [2.45, 2.75) is 13.8 Å². The quantitative estimate of drug-likeness (QED) is 0.373. The van der Waals surface area contributed by atoms with Gasteiger partial charge in [0.05, 0.1) is 0 Å². The van der Waals surface area contributed by atoms with Crippen LogP contribution in [0, 0.1) is 13.8 Å². The molecule has 1 aromatic heterocycles. The van der Waals surface area contributed by atoms with E-state index in [-0.39, 0.29) is 18.4 Å². The fourth-order valence-corrected chi connectivity index (χ4v) is 4.23. The molecule has 0 saturated carbocycles. The average Bonchev–Trinajstić information content (AvgIpc) is 3.20. The highest BCUT2D eigenvalue weighted by atomic mass is 32.1. The van der Waals surface area contributed by atoms with Gasteiger partial charge in [0.2, 0.25) is 0 Å². The number of ether oxygens (including phenoxy) is 1. The molecule has 0 saturated heterocycles. The van der Waals surface area contributed by atoms with Crippen molar-refractivity contribution in [2.24, 2.45) is 0 Å². The second-order valence-corrected chi connectivity index (χ2v) is 8.54. The maximum absolute atomic E-state index is 12.7. The van der Waals surface area contributed by atoms with Crippen LogP contribution in [0.4, 0.5) is 10.1 Å². The normalized spacial score (nSPS) is 10.5. The zero-order chi connectivity index (χ0) is 23.2. The van der Waals surface area contributed by atoms with Crippen molar-refractivity contribution in [1.29, 1.82) is 0 Å². The molecule has 33 heavy (non-hydrogen) atoms. The molecule has 1 heterocycles. The van der Waals surface area contributed by atoms with Gasteiger partial charge in [0.1, 0.15) is 16.4 Å². The molecular formula is C26H23N3O3S. The van der Waals surface area contributed by atoms with Gasteiger partial charge in [0.25, 0.3) is 11.8 Å². The number of rotatable bonds is 7. The molecule has 0 aliphatic rings. The van der Waals surface area contributed by atoms with E-state index in [0.717, 1.165) is 16.7 Å². The first kappa shape index (κ1) is 22.2. The highest BCUT2D eigenvalue weighted by Crippen LogP contribution is 2.36. The van der Waals surface area contributed by atoms with Gasteiger partial charge in [-0.15, -0.1) is 0 Å². The number of benzene rings is 3. The summed E-state index contributed by atoms with van der Waals surface area (Å²) >= 11 is 1.20. The lowest BCUT2D eigenvalue weighted by atomic mass is 10.1. The molecule has 0 atom stereocenters. The Bertz CT molecular complexity index is 1250. The number of thiazole rings is 1. The van der Waals surface area contributed by atoms with Gasteiger partial charge in [-0.25, -0.2) is 4.98 Å². The van der Waals surface area contributed by atoms with Gasteiger partial charge < -0.3 is 10.1 Å². The van der Waals surface area contributed by atoms with Crippen LogP contribution in [-0.4, -0.2) is 23.4 Å². The van der Waals surface area contributed by atoms with Crippen LogP contribution in [0.3, 0.4) is 0 Å². The second-order valence-electron chi connectivity index (χ2n) is 7.54. The van der Waals surface area contributed by atoms with Gasteiger partial charge in [0.15, 0.2) is 11.7 Å². The fourth-order valence-electron chi connectivity index (χ4n) is 3.34. The van der Waals surface area contributed by atoms with E-state index in [0.29, 0.717) is 27.1 Å². The zero-order valence-electron chi connectivity index (χ0n) is 18.3. The topological polar surface area (TPSA) is 80.3 Å². The predicted octanol–water partition coefficient (Wildman–Crippen LogP) is 5.70. The number of hydrogen-bond acceptors (Lipinski definition) is 5. The van der Waals surface area contributed by atoms with Crippen LogP contribution in [-0.2, 0) is 4.79 Å². The zero-order valence-corrected chi connectivity index (χ0v) is 19.1. The summed E-state index contributed by atoms with van der Waals surface area (Å²) in [7, 11) is 0. The summed E-state index contributed by atoms with van der Waals surface area (Å²) in [5.74, 6) is 0.0680. The highest BCUT2D eigenvalue weighted by Gasteiger charge is 2.18. The van der Waals surface area contributed by atoms with Crippen LogP contribution >= 0.6 is 11.3 Å². The minimum atomic E-state index is -0.330. The Morgan fingerprint density at radius 1 is 0.879 bits per heavy atom. The number of carbonyl (C=O) groups is 2. The van der Waals surface area contributed by atoms with E-state index in [4.69, 9.17) is 4.74 Å². The van der Waals surface area contributed by atoms with E-state index >= 15 is 0 Å². The first-order valence-corrected chi connectivity index (χ1v) is 11.2. The smallest absolute Gasteiger partial charge is 0.264 e. The number of nitrogens with zero attached hydrogens (tertiary/aromatic N) is 1. The van der Waals surface area contributed by atoms with Crippen LogP contribution in [0.1, 0.15) is 21.5 Å². The minimum Gasteiger partial charge on any atom is -0.484 e. The maximum Gasteiger partial charge on any atom is 0.264 e. The van der Waals surface area contributed by atoms with E-state index < -0.39 is 0 Å². The fraction of sp³-hybridized carbons (Fsp3) is 0.115. The lowest BCUT2D eigenvalue weighted by Crippen LogP contribution is -2.20. The standard InChI is InChI=1S/C26H23N3O3S/c1-17-13-18(2)15-21(14-17)32-16-22(30)27-26-28-23(19-9-5-3-6-10-19)25(33-26)29-24(31)20-11-7-4-8-12-20/h3-15H,16H2,1-2H3,(H,29,31)(H,27,28,30). The summed E-state index contributed by atoms with van der Waals surface area (Å²) in [5.41, 5.74) is 4.10. The number of anilines is 2. The highest BCUT2D eigenvalue weighted by molar-refractivity contribution is 7.20. The number of amides is 2. The van der Waals surface area contributed by atoms with Crippen molar-refractivity contribution in [3.8, 4) is 17.0 Å². The summed E-state index contributed by atoms with van der Waals surface area (Å²) in [6.07, 6.45) is 0. The largest absolute Gasteiger partial charge is 0.484 e. The maximum atomic E-state index is 12.7. The van der Waals surface area contributed by atoms with Gasteiger partial charge in [-0.2, -0.15) is 0 Å². The molecule has 0 spiro atoms. The third-order valence-electron chi connectivity index (χ3n) is 4.75. The van der Waals surface area contributed by atoms with Gasteiger partial charge in [0, 0.05) is 11.1 Å². The molecule has 0 radical (unpaired) electrons. The summed E-state index contributed by atoms with van der Waals surface area (Å²) in [4.78, 5) is 29.8. The Morgan fingerprint density at radius 2 is 1.52 bits per heavy atom. The van der Waals surface area contributed by atoms with Crippen molar-refractivity contribution in [3.05, 3.63) is 95.6 Å². The predicted molar refractivity (Wildman–Crippen MR) is 132 cm³/mol. The van der Waals surface area contributed by atoms with Gasteiger partial charge >= 0.3 is 0 Å². The third kappa shape index (κ3) is 5.84. The molecular weight excluding hydrogens is 434 g/mol. The van der Waals surface area contributed by atoms with Gasteiger partial charge in [-0.3, -0.25) is 14.9 Å². The molecule has 0 unspecified atom stereocenters. The number of aromatic nitrogens is 1. The molecule has 0 aliphatic carbocycles. The Morgan fingerprint density at radius 3 is 2.18 bits per heavy atom. The number of nitrogens with one attached hydrogen (secondary N) is 2. The summed E-state index contributed by atoms with van der Waals surface area (Å²) in [5, 5.41) is 6.64. The molecule has 2 amide bonds. The Balaban J connectivity index is 1.51. The molecule has 2 N–H and O–H groups in total. The minimum absolute atomic E-state index is 0.144. The van der Waals surface area contributed by atoms with E-state index in [1.807, 2.05) is 68.4 Å². The van der Waals surface area contributed by atoms with E-state index in [2.05, 4.69) is 15.6 Å². The number of aryl methyl sites for hydroxylation is 2. The van der Waals surface area contributed by atoms with Crippen LogP contribution in [0.2, 0.25) is 0 Å². The molecule has 7 heteroatoms. The van der Waals surface area contributed by atoms with Gasteiger partial charge in [-0.1, -0.05) is 65.9 Å². The van der Waals surface area contributed by atoms with Gasteiger partial charge in [-0.05, 0) is 49.2 Å². The van der Waals surface area contributed by atoms with Crippen LogP contribution < -0.4 is 15.4 Å². The lowest BCUT2D eigenvalue weighted by Gasteiger charge is -2.07. The average molecular weight is 458 g/mol. The van der Waals surface area contributed by atoms with E-state index in [1.165, 1.54) is 11.3 Å². The molecule has 0 aliphatic heterocycles. The third-order valence-corrected chi connectivity index (χ3v) is 5.64. The second kappa shape index (κ2) is 10.1. The number of hydrogen-bond donors (Lipinski definition) is 2. The summed E-state index contributed by atoms with van der Waals surface area (Å²) in [6, 6.07) is 24.3. The van der Waals surface area contributed by atoms with Crippen molar-refractivity contribution in [2.75, 3.05) is 17.2 Å². The van der Waals surface area contributed by atoms with E-state index in [1.54, 1.807) is 24.3 Å². The Labute approximate surface area is 196 Å². The summed E-state index contributed by atoms with van der Waals surface area (Å²) < 4.78 is 5.64.